The van der Waals surface area contributed by atoms with Crippen molar-refractivity contribution < 1.29 is 4.79 Å². The van der Waals surface area contributed by atoms with Crippen LogP contribution >= 0.6 is 0 Å². The van der Waals surface area contributed by atoms with Gasteiger partial charge in [0.15, 0.2) is 0 Å². The third-order valence-electron chi connectivity index (χ3n) is 1.73. The number of benzene rings is 1. The topological polar surface area (TPSA) is 70.4 Å². The number of hydrogen-bond donors (Lipinski definition) is 3. The summed E-state index contributed by atoms with van der Waals surface area (Å²) in [5.74, 6) is -0.102. The second-order valence-electron chi connectivity index (χ2n) is 3.40. The molecule has 1 rings (SSSR count). The van der Waals surface area contributed by atoms with Crippen LogP contribution in [0.15, 0.2) is 24.3 Å². The quantitative estimate of drug-likeness (QED) is 0.491. The van der Waals surface area contributed by atoms with Crippen molar-refractivity contribution in [1.29, 1.82) is 0 Å². The molecule has 0 unspecified atom stereocenters. The summed E-state index contributed by atoms with van der Waals surface area (Å²) in [6.45, 7) is 0.238. The number of carbonyl (C=O) groups excluding carboxylic acids is 1. The van der Waals surface area contributed by atoms with E-state index >= 15 is 0 Å². The van der Waals surface area contributed by atoms with E-state index in [4.69, 9.17) is 5.73 Å². The van der Waals surface area contributed by atoms with Gasteiger partial charge >= 0.3 is 0 Å². The van der Waals surface area contributed by atoms with Gasteiger partial charge in [0.05, 0.1) is 6.54 Å². The summed E-state index contributed by atoms with van der Waals surface area (Å²) in [5, 5.41) is 4.45. The Labute approximate surface area is 89.2 Å². The lowest BCUT2D eigenvalue weighted by Crippen LogP contribution is -2.37. The molecular formula is C10H16N4O. The first-order valence-electron chi connectivity index (χ1n) is 4.64. The highest BCUT2D eigenvalue weighted by atomic mass is 16.2. The summed E-state index contributed by atoms with van der Waals surface area (Å²) < 4.78 is 0. The molecule has 0 aliphatic carbocycles. The molecule has 0 saturated carbocycles. The number of hydrazine groups is 1. The van der Waals surface area contributed by atoms with E-state index in [1.54, 1.807) is 29.3 Å². The Hall–Kier alpha value is -1.59. The Balaban J connectivity index is 2.44. The van der Waals surface area contributed by atoms with Gasteiger partial charge in [0.1, 0.15) is 0 Å². The molecule has 0 bridgehead atoms. The maximum absolute atomic E-state index is 11.4. The van der Waals surface area contributed by atoms with Gasteiger partial charge in [-0.3, -0.25) is 9.80 Å². The van der Waals surface area contributed by atoms with E-state index in [0.29, 0.717) is 11.4 Å². The zero-order valence-electron chi connectivity index (χ0n) is 8.95. The molecule has 0 atom stereocenters. The minimum absolute atomic E-state index is 0.102. The lowest BCUT2D eigenvalue weighted by molar-refractivity contribution is -0.116. The minimum Gasteiger partial charge on any atom is -0.399 e. The lowest BCUT2D eigenvalue weighted by Gasteiger charge is -2.11. The molecule has 4 N–H and O–H groups in total. The number of nitrogen functional groups attached to an aromatic ring is 1. The van der Waals surface area contributed by atoms with Gasteiger partial charge in [0, 0.05) is 25.5 Å². The highest BCUT2D eigenvalue weighted by Crippen LogP contribution is 2.11. The molecule has 82 valence electrons. The summed E-state index contributed by atoms with van der Waals surface area (Å²) in [6.07, 6.45) is 0. The van der Waals surface area contributed by atoms with Crippen molar-refractivity contribution in [3.8, 4) is 0 Å². The molecule has 5 heteroatoms. The van der Waals surface area contributed by atoms with E-state index in [2.05, 4.69) is 10.7 Å². The van der Waals surface area contributed by atoms with Crippen molar-refractivity contribution in [2.45, 2.75) is 0 Å². The fraction of sp³-hybridized carbons (Fsp3) is 0.300. The highest BCUT2D eigenvalue weighted by molar-refractivity contribution is 5.92. The normalized spacial score (nSPS) is 10.3. The molecule has 0 heterocycles. The van der Waals surface area contributed by atoms with Gasteiger partial charge < -0.3 is 11.1 Å². The SMILES string of the molecule is CN(C)NCC(=O)Nc1cccc(N)c1. The van der Waals surface area contributed by atoms with Crippen molar-refractivity contribution in [3.63, 3.8) is 0 Å². The fourth-order valence-corrected chi connectivity index (χ4v) is 1.05. The molecular weight excluding hydrogens is 192 g/mol. The second-order valence-corrected chi connectivity index (χ2v) is 3.40. The molecule has 0 saturated heterocycles. The number of rotatable bonds is 4. The monoisotopic (exact) mass is 208 g/mol. The van der Waals surface area contributed by atoms with Crippen molar-refractivity contribution in [2.24, 2.45) is 0 Å². The number of nitrogens with two attached hydrogens (primary N) is 1. The first-order chi connectivity index (χ1) is 7.08. The minimum atomic E-state index is -0.102. The highest BCUT2D eigenvalue weighted by Gasteiger charge is 2.01. The van der Waals surface area contributed by atoms with Crippen molar-refractivity contribution in [1.82, 2.24) is 10.4 Å². The van der Waals surface area contributed by atoms with E-state index in [9.17, 15) is 4.79 Å². The molecule has 0 radical (unpaired) electrons. The third-order valence-corrected chi connectivity index (χ3v) is 1.73. The van der Waals surface area contributed by atoms with Gasteiger partial charge in [-0.05, 0) is 18.2 Å². The third kappa shape index (κ3) is 4.44. The smallest absolute Gasteiger partial charge is 0.239 e. The van der Waals surface area contributed by atoms with E-state index in [0.717, 1.165) is 0 Å². The van der Waals surface area contributed by atoms with E-state index < -0.39 is 0 Å². The number of hydrogen-bond acceptors (Lipinski definition) is 4. The van der Waals surface area contributed by atoms with E-state index in [1.807, 2.05) is 14.1 Å². The number of nitrogens with zero attached hydrogens (tertiary/aromatic N) is 1. The Morgan fingerprint density at radius 1 is 1.47 bits per heavy atom. The van der Waals surface area contributed by atoms with Crippen molar-refractivity contribution in [2.75, 3.05) is 31.7 Å². The first kappa shape index (κ1) is 11.5. The van der Waals surface area contributed by atoms with Crippen molar-refractivity contribution in [3.05, 3.63) is 24.3 Å². The predicted octanol–water partition coefficient (Wildman–Crippen LogP) is 0.273. The van der Waals surface area contributed by atoms with Crippen LogP contribution < -0.4 is 16.5 Å². The Bertz CT molecular complexity index is 338. The van der Waals surface area contributed by atoms with Crippen LogP contribution in [0, 0.1) is 0 Å². The number of amides is 1. The summed E-state index contributed by atoms with van der Waals surface area (Å²) >= 11 is 0. The average Bonchev–Trinajstić information content (AvgIpc) is 2.15. The van der Waals surface area contributed by atoms with Crippen LogP contribution in [0.1, 0.15) is 0 Å². The second kappa shape index (κ2) is 5.33. The summed E-state index contributed by atoms with van der Waals surface area (Å²) in [6, 6.07) is 7.08. The van der Waals surface area contributed by atoms with Crippen LogP contribution in [-0.4, -0.2) is 31.6 Å². The molecule has 0 aliphatic rings. The van der Waals surface area contributed by atoms with Crippen LogP contribution in [0.2, 0.25) is 0 Å². The molecule has 15 heavy (non-hydrogen) atoms. The largest absolute Gasteiger partial charge is 0.399 e. The van der Waals surface area contributed by atoms with Crippen LogP contribution in [0.3, 0.4) is 0 Å². The maximum Gasteiger partial charge on any atom is 0.239 e. The lowest BCUT2D eigenvalue weighted by atomic mass is 10.3. The van der Waals surface area contributed by atoms with E-state index in [-0.39, 0.29) is 12.5 Å². The first-order valence-corrected chi connectivity index (χ1v) is 4.64. The molecule has 0 fully saturated rings. The van der Waals surface area contributed by atoms with Crippen LogP contribution in [0.5, 0.6) is 0 Å². The Morgan fingerprint density at radius 3 is 2.80 bits per heavy atom. The van der Waals surface area contributed by atoms with Crippen LogP contribution in [-0.2, 0) is 4.79 Å². The Morgan fingerprint density at radius 2 is 2.20 bits per heavy atom. The number of nitrogens with one attached hydrogen (secondary N) is 2. The molecule has 0 aliphatic heterocycles. The molecule has 1 amide bonds. The standard InChI is InChI=1S/C10H16N4O/c1-14(2)12-7-10(15)13-9-5-3-4-8(11)6-9/h3-6,12H,7,11H2,1-2H3,(H,13,15). The van der Waals surface area contributed by atoms with Crippen LogP contribution in [0.4, 0.5) is 11.4 Å². The molecule has 1 aromatic carbocycles. The zero-order valence-corrected chi connectivity index (χ0v) is 8.95. The molecule has 0 aromatic heterocycles. The summed E-state index contributed by atoms with van der Waals surface area (Å²) in [4.78, 5) is 11.4. The van der Waals surface area contributed by atoms with E-state index in [1.165, 1.54) is 0 Å². The number of anilines is 2. The van der Waals surface area contributed by atoms with Crippen molar-refractivity contribution >= 4 is 17.3 Å². The molecule has 5 nitrogen and oxygen atoms in total. The average molecular weight is 208 g/mol. The van der Waals surface area contributed by atoms with Gasteiger partial charge in [-0.15, -0.1) is 0 Å². The van der Waals surface area contributed by atoms with Gasteiger partial charge in [-0.2, -0.15) is 0 Å². The maximum atomic E-state index is 11.4. The zero-order chi connectivity index (χ0) is 11.3. The van der Waals surface area contributed by atoms with Gasteiger partial charge in [0.25, 0.3) is 0 Å². The van der Waals surface area contributed by atoms with Crippen LogP contribution in [0.25, 0.3) is 0 Å². The molecule has 1 aromatic rings. The van der Waals surface area contributed by atoms with Gasteiger partial charge in [-0.25, -0.2) is 5.43 Å². The fourth-order valence-electron chi connectivity index (χ4n) is 1.05. The molecule has 0 spiro atoms. The summed E-state index contributed by atoms with van der Waals surface area (Å²) in [7, 11) is 3.65. The Kier molecular flexibility index (Phi) is 4.08. The predicted molar refractivity (Wildman–Crippen MR) is 61.2 cm³/mol. The number of carbonyl (C=O) groups is 1. The summed E-state index contributed by atoms with van der Waals surface area (Å²) in [5.41, 5.74) is 9.79. The van der Waals surface area contributed by atoms with Gasteiger partial charge in [-0.1, -0.05) is 6.07 Å². The van der Waals surface area contributed by atoms with Gasteiger partial charge in [0.2, 0.25) is 5.91 Å².